The number of benzene rings is 7. The highest BCUT2D eigenvalue weighted by molar-refractivity contribution is 5.99. The van der Waals surface area contributed by atoms with Gasteiger partial charge in [0.05, 0.1) is 6.85 Å². The molecule has 44 heavy (non-hydrogen) atoms. The molecule has 0 bridgehead atoms. The van der Waals surface area contributed by atoms with E-state index in [1.165, 1.54) is 27.8 Å². The zero-order chi connectivity index (χ0) is 34.4. The third kappa shape index (κ3) is 5.29. The van der Waals surface area contributed by atoms with Crippen molar-refractivity contribution in [3.05, 3.63) is 174 Å². The molecule has 0 N–H and O–H groups in total. The molecule has 0 aliphatic heterocycles. The molecule has 7 rings (SSSR count). The minimum Gasteiger partial charge on any atom is -0.311 e. The lowest BCUT2D eigenvalue weighted by Crippen LogP contribution is -2.09. The summed E-state index contributed by atoms with van der Waals surface area (Å²) in [5, 5.41) is 2.32. The summed E-state index contributed by atoms with van der Waals surface area (Å²) in [5.74, 6) is 0. The molecule has 0 heterocycles. The summed E-state index contributed by atoms with van der Waals surface area (Å²) in [6, 6.07) is 41.8. The van der Waals surface area contributed by atoms with Crippen LogP contribution in [0.2, 0.25) is 0 Å². The Morgan fingerprint density at radius 1 is 0.477 bits per heavy atom. The predicted octanol–water partition coefficient (Wildman–Crippen LogP) is 12.2. The highest BCUT2D eigenvalue weighted by Gasteiger charge is 2.14. The molecule has 212 valence electrons. The topological polar surface area (TPSA) is 3.24 Å². The standard InChI is InChI=1S/C43H35N/c1-30-27-31(2)43(32(3)28-30)36-21-25-40(26-22-36)44(38-14-8-5-9-15-38)39-23-19-33(20-24-39)37-18-17-35-13-10-16-41(42(35)29-37)34-11-6-4-7-12-34/h4-29H,1-3H3/i5D,8D,9D,14D,15D. The van der Waals surface area contributed by atoms with E-state index in [1.807, 2.05) is 54.6 Å². The average molecular weight is 571 g/mol. The number of aryl methyl sites for hydroxylation is 3. The Morgan fingerprint density at radius 2 is 1.09 bits per heavy atom. The number of rotatable bonds is 6. The molecular weight excluding hydrogens is 530 g/mol. The molecule has 7 aromatic carbocycles. The van der Waals surface area contributed by atoms with Crippen LogP contribution in [0, 0.1) is 20.8 Å². The molecule has 0 aliphatic rings. The Labute approximate surface area is 267 Å². The number of para-hydroxylation sites is 1. The maximum atomic E-state index is 8.85. The summed E-state index contributed by atoms with van der Waals surface area (Å²) in [6.45, 7) is 6.32. The SMILES string of the molecule is [2H]c1c([2H])c([2H])c(N(c2ccc(-c3ccc4cccc(-c5ccccc5)c4c3)cc2)c2ccc(-c3c(C)cc(C)cc3C)cc2)c([2H])c1[2H]. The first-order valence-electron chi connectivity index (χ1n) is 17.4. The van der Waals surface area contributed by atoms with E-state index in [-0.39, 0.29) is 29.9 Å². The maximum Gasteiger partial charge on any atom is 0.0645 e. The number of anilines is 3. The molecule has 0 atom stereocenters. The van der Waals surface area contributed by atoms with Crippen molar-refractivity contribution in [1.29, 1.82) is 0 Å². The van der Waals surface area contributed by atoms with E-state index >= 15 is 0 Å². The van der Waals surface area contributed by atoms with E-state index < -0.39 is 6.04 Å². The number of fused-ring (bicyclic) bond motifs is 1. The Hall–Kier alpha value is -5.40. The van der Waals surface area contributed by atoms with Gasteiger partial charge in [-0.1, -0.05) is 121 Å². The largest absolute Gasteiger partial charge is 0.311 e. The smallest absolute Gasteiger partial charge is 0.0645 e. The van der Waals surface area contributed by atoms with E-state index in [2.05, 4.69) is 93.6 Å². The minimum atomic E-state index is -0.416. The summed E-state index contributed by atoms with van der Waals surface area (Å²) in [7, 11) is 0. The third-order valence-corrected chi connectivity index (χ3v) is 8.23. The van der Waals surface area contributed by atoms with Crippen molar-refractivity contribution in [3.8, 4) is 33.4 Å². The third-order valence-electron chi connectivity index (χ3n) is 8.23. The van der Waals surface area contributed by atoms with Gasteiger partial charge in [0.1, 0.15) is 0 Å². The van der Waals surface area contributed by atoms with E-state index in [1.54, 1.807) is 4.90 Å². The molecule has 0 spiro atoms. The van der Waals surface area contributed by atoms with Crippen molar-refractivity contribution < 1.29 is 6.85 Å². The summed E-state index contributed by atoms with van der Waals surface area (Å²) >= 11 is 0. The van der Waals surface area contributed by atoms with Crippen molar-refractivity contribution in [2.24, 2.45) is 0 Å². The van der Waals surface area contributed by atoms with Crippen molar-refractivity contribution in [2.75, 3.05) is 4.90 Å². The van der Waals surface area contributed by atoms with Gasteiger partial charge in [-0.3, -0.25) is 0 Å². The Kier molecular flexibility index (Phi) is 5.90. The van der Waals surface area contributed by atoms with Crippen LogP contribution in [0.1, 0.15) is 23.5 Å². The fraction of sp³-hybridized carbons (Fsp3) is 0.0698. The zero-order valence-corrected chi connectivity index (χ0v) is 25.1. The fourth-order valence-corrected chi connectivity index (χ4v) is 6.30. The zero-order valence-electron chi connectivity index (χ0n) is 30.1. The van der Waals surface area contributed by atoms with Crippen LogP contribution in [0.4, 0.5) is 17.1 Å². The van der Waals surface area contributed by atoms with Crippen LogP contribution in [0.5, 0.6) is 0 Å². The lowest BCUT2D eigenvalue weighted by Gasteiger charge is -2.26. The molecule has 7 aromatic rings. The molecule has 0 aliphatic carbocycles. The van der Waals surface area contributed by atoms with Gasteiger partial charge in [-0.15, -0.1) is 0 Å². The highest BCUT2D eigenvalue weighted by atomic mass is 15.1. The quantitative estimate of drug-likeness (QED) is 0.192. The molecule has 1 heteroatoms. The summed E-state index contributed by atoms with van der Waals surface area (Å²) in [6.07, 6.45) is 0. The van der Waals surface area contributed by atoms with Crippen LogP contribution < -0.4 is 4.90 Å². The first-order chi connectivity index (χ1) is 23.6. The second-order valence-electron chi connectivity index (χ2n) is 11.3. The van der Waals surface area contributed by atoms with Crippen molar-refractivity contribution >= 4 is 27.8 Å². The van der Waals surface area contributed by atoms with Gasteiger partial charge in [0, 0.05) is 17.1 Å². The van der Waals surface area contributed by atoms with Crippen LogP contribution in [0.3, 0.4) is 0 Å². The molecule has 0 saturated carbocycles. The average Bonchev–Trinajstić information content (AvgIpc) is 3.12. The van der Waals surface area contributed by atoms with Gasteiger partial charge in [0.15, 0.2) is 0 Å². The molecule has 0 saturated heterocycles. The Bertz CT molecular complexity index is 2300. The molecule has 1 nitrogen and oxygen atoms in total. The lowest BCUT2D eigenvalue weighted by atomic mass is 9.93. The number of hydrogen-bond acceptors (Lipinski definition) is 1. The Morgan fingerprint density at radius 3 is 1.75 bits per heavy atom. The minimum absolute atomic E-state index is 0.104. The maximum absolute atomic E-state index is 8.85. The fourth-order valence-electron chi connectivity index (χ4n) is 6.30. The molecule has 0 radical (unpaired) electrons. The van der Waals surface area contributed by atoms with Crippen LogP contribution in [-0.4, -0.2) is 0 Å². The second kappa shape index (κ2) is 11.7. The summed E-state index contributed by atoms with van der Waals surface area (Å²) in [4.78, 5) is 1.76. The summed E-state index contributed by atoms with van der Waals surface area (Å²) in [5.41, 5.74) is 11.7. The van der Waals surface area contributed by atoms with Gasteiger partial charge in [-0.2, -0.15) is 0 Å². The van der Waals surface area contributed by atoms with E-state index in [0.717, 1.165) is 33.0 Å². The van der Waals surface area contributed by atoms with Gasteiger partial charge in [0.25, 0.3) is 0 Å². The lowest BCUT2D eigenvalue weighted by molar-refractivity contribution is 1.28. The van der Waals surface area contributed by atoms with Crippen LogP contribution in [0.25, 0.3) is 44.2 Å². The van der Waals surface area contributed by atoms with Crippen molar-refractivity contribution in [3.63, 3.8) is 0 Å². The molecule has 0 fully saturated rings. The second-order valence-corrected chi connectivity index (χ2v) is 11.3. The molecule has 0 unspecified atom stereocenters. The normalized spacial score (nSPS) is 12.7. The first-order valence-corrected chi connectivity index (χ1v) is 14.9. The monoisotopic (exact) mass is 570 g/mol. The van der Waals surface area contributed by atoms with Gasteiger partial charge >= 0.3 is 0 Å². The number of nitrogens with zero attached hydrogens (tertiary/aromatic N) is 1. The summed E-state index contributed by atoms with van der Waals surface area (Å²) < 4.78 is 42.7. The van der Waals surface area contributed by atoms with Crippen molar-refractivity contribution in [2.45, 2.75) is 20.8 Å². The molecule has 0 amide bonds. The highest BCUT2D eigenvalue weighted by Crippen LogP contribution is 2.38. The van der Waals surface area contributed by atoms with E-state index in [0.29, 0.717) is 11.4 Å². The van der Waals surface area contributed by atoms with Crippen LogP contribution in [-0.2, 0) is 0 Å². The molecular formula is C43H35N. The van der Waals surface area contributed by atoms with Crippen LogP contribution >= 0.6 is 0 Å². The van der Waals surface area contributed by atoms with Crippen LogP contribution in [0.15, 0.2) is 158 Å². The first kappa shape index (κ1) is 22.2. The number of hydrogen-bond donors (Lipinski definition) is 0. The Balaban J connectivity index is 1.33. The van der Waals surface area contributed by atoms with Gasteiger partial charge in [-0.25, -0.2) is 0 Å². The van der Waals surface area contributed by atoms with Gasteiger partial charge < -0.3 is 4.90 Å². The van der Waals surface area contributed by atoms with Gasteiger partial charge in [0.2, 0.25) is 0 Å². The van der Waals surface area contributed by atoms with Gasteiger partial charge in [-0.05, 0) is 118 Å². The van der Waals surface area contributed by atoms with E-state index in [4.69, 9.17) is 6.85 Å². The van der Waals surface area contributed by atoms with Crippen molar-refractivity contribution in [1.82, 2.24) is 0 Å². The van der Waals surface area contributed by atoms with E-state index in [9.17, 15) is 0 Å². The predicted molar refractivity (Wildman–Crippen MR) is 189 cm³/mol. The molecule has 0 aromatic heterocycles.